The molecule has 1 aliphatic rings. The number of likely N-dealkylation sites (tertiary alicyclic amines) is 1. The third-order valence-corrected chi connectivity index (χ3v) is 4.23. The molecule has 0 radical (unpaired) electrons. The molecule has 1 aromatic carbocycles. The Bertz CT molecular complexity index is 369. The fraction of sp³-hybridized carbons (Fsp3) is 0.647. The summed E-state index contributed by atoms with van der Waals surface area (Å²) >= 11 is 0. The first-order chi connectivity index (χ1) is 9.78. The quantitative estimate of drug-likeness (QED) is 0.775. The third-order valence-electron chi connectivity index (χ3n) is 4.23. The van der Waals surface area contributed by atoms with Crippen molar-refractivity contribution in [1.82, 2.24) is 10.2 Å². The van der Waals surface area contributed by atoms with E-state index in [-0.39, 0.29) is 0 Å². The summed E-state index contributed by atoms with van der Waals surface area (Å²) in [5.74, 6) is 0.919. The average molecular weight is 276 g/mol. The first kappa shape index (κ1) is 15.5. The van der Waals surface area contributed by atoms with Crippen molar-refractivity contribution in [3.8, 4) is 0 Å². The highest BCUT2D eigenvalue weighted by atomic mass is 16.5. The second-order valence-corrected chi connectivity index (χ2v) is 5.96. The number of hydrogen-bond donors (Lipinski definition) is 1. The van der Waals surface area contributed by atoms with Crippen molar-refractivity contribution in [2.45, 2.75) is 32.4 Å². The van der Waals surface area contributed by atoms with Gasteiger partial charge >= 0.3 is 0 Å². The molecule has 3 nitrogen and oxygen atoms in total. The van der Waals surface area contributed by atoms with Crippen LogP contribution in [0.4, 0.5) is 0 Å². The molecule has 0 aromatic heterocycles. The molecule has 0 bridgehead atoms. The zero-order valence-electron chi connectivity index (χ0n) is 12.9. The van der Waals surface area contributed by atoms with Gasteiger partial charge in [-0.15, -0.1) is 0 Å². The minimum absolute atomic E-state index is 0.698. The summed E-state index contributed by atoms with van der Waals surface area (Å²) in [5, 5.41) is 3.57. The largest absolute Gasteiger partial charge is 0.380 e. The first-order valence-corrected chi connectivity index (χ1v) is 7.74. The summed E-state index contributed by atoms with van der Waals surface area (Å²) in [6.07, 6.45) is 4.05. The van der Waals surface area contributed by atoms with Gasteiger partial charge in [0.2, 0.25) is 0 Å². The van der Waals surface area contributed by atoms with Crippen LogP contribution in [0.1, 0.15) is 30.4 Å². The molecule has 0 atom stereocenters. The van der Waals surface area contributed by atoms with Gasteiger partial charge in [0.25, 0.3) is 0 Å². The van der Waals surface area contributed by atoms with Gasteiger partial charge in [-0.05, 0) is 63.0 Å². The van der Waals surface area contributed by atoms with Crippen LogP contribution in [0, 0.1) is 5.92 Å². The zero-order chi connectivity index (χ0) is 14.2. The maximum Gasteiger partial charge on any atom is 0.0713 e. The van der Waals surface area contributed by atoms with Crippen LogP contribution in [0.5, 0.6) is 0 Å². The number of benzene rings is 1. The van der Waals surface area contributed by atoms with E-state index in [4.69, 9.17) is 4.74 Å². The number of ether oxygens (including phenoxy) is 1. The first-order valence-electron chi connectivity index (χ1n) is 7.74. The Hall–Kier alpha value is -0.900. The van der Waals surface area contributed by atoms with Crippen LogP contribution in [0.15, 0.2) is 24.3 Å². The molecule has 0 unspecified atom stereocenters. The van der Waals surface area contributed by atoms with Crippen LogP contribution in [-0.4, -0.2) is 38.7 Å². The lowest BCUT2D eigenvalue weighted by Gasteiger charge is -2.28. The van der Waals surface area contributed by atoms with Crippen molar-refractivity contribution in [3.05, 3.63) is 35.4 Å². The minimum Gasteiger partial charge on any atom is -0.380 e. The maximum absolute atomic E-state index is 5.12. The number of piperidine rings is 1. The maximum atomic E-state index is 5.12. The van der Waals surface area contributed by atoms with E-state index < -0.39 is 0 Å². The predicted molar refractivity (Wildman–Crippen MR) is 83.7 cm³/mol. The molecule has 3 heteroatoms. The molecule has 2 rings (SSSR count). The highest BCUT2D eigenvalue weighted by Crippen LogP contribution is 2.18. The summed E-state index contributed by atoms with van der Waals surface area (Å²) in [5.41, 5.74) is 2.59. The van der Waals surface area contributed by atoms with Gasteiger partial charge in [0.05, 0.1) is 6.61 Å². The van der Waals surface area contributed by atoms with E-state index in [1.165, 1.54) is 43.5 Å². The second-order valence-electron chi connectivity index (χ2n) is 5.96. The lowest BCUT2D eigenvalue weighted by molar-refractivity contribution is 0.185. The molecule has 112 valence electrons. The van der Waals surface area contributed by atoms with Crippen molar-refractivity contribution in [2.24, 2.45) is 5.92 Å². The molecule has 0 saturated carbocycles. The van der Waals surface area contributed by atoms with Crippen molar-refractivity contribution in [3.63, 3.8) is 0 Å². The molecule has 1 fully saturated rings. The van der Waals surface area contributed by atoms with Crippen molar-refractivity contribution >= 4 is 0 Å². The Balaban J connectivity index is 1.60. The highest BCUT2D eigenvalue weighted by molar-refractivity contribution is 5.21. The minimum atomic E-state index is 0.698. The molecular formula is C17H28N2O. The summed E-state index contributed by atoms with van der Waals surface area (Å²) in [7, 11) is 3.96. The standard InChI is InChI=1S/C17H28N2O/c1-19-11-8-15(9-12-19)7-10-18-13-16-3-5-17(6-4-16)14-20-2/h3-6,15,18H,7-14H2,1-2H3. The van der Waals surface area contributed by atoms with E-state index in [0.29, 0.717) is 6.61 Å². The monoisotopic (exact) mass is 276 g/mol. The van der Waals surface area contributed by atoms with E-state index in [1.807, 2.05) is 0 Å². The smallest absolute Gasteiger partial charge is 0.0713 e. The molecular weight excluding hydrogens is 248 g/mol. The van der Waals surface area contributed by atoms with E-state index in [2.05, 4.69) is 41.5 Å². The van der Waals surface area contributed by atoms with Crippen molar-refractivity contribution in [2.75, 3.05) is 33.8 Å². The topological polar surface area (TPSA) is 24.5 Å². The molecule has 1 heterocycles. The molecule has 0 amide bonds. The van der Waals surface area contributed by atoms with Gasteiger partial charge in [0.1, 0.15) is 0 Å². The molecule has 20 heavy (non-hydrogen) atoms. The summed E-state index contributed by atoms with van der Waals surface area (Å²) in [4.78, 5) is 2.44. The molecule has 1 aliphatic heterocycles. The number of hydrogen-bond acceptors (Lipinski definition) is 3. The van der Waals surface area contributed by atoms with E-state index >= 15 is 0 Å². The normalized spacial score (nSPS) is 17.5. The Morgan fingerprint density at radius 1 is 1.15 bits per heavy atom. The fourth-order valence-corrected chi connectivity index (χ4v) is 2.81. The molecule has 1 N–H and O–H groups in total. The highest BCUT2D eigenvalue weighted by Gasteiger charge is 2.15. The Labute approximate surface area is 123 Å². The summed E-state index contributed by atoms with van der Waals surface area (Å²) in [6.45, 7) is 5.34. The van der Waals surface area contributed by atoms with Gasteiger partial charge in [0, 0.05) is 13.7 Å². The number of methoxy groups -OCH3 is 1. The molecule has 1 aromatic rings. The van der Waals surface area contributed by atoms with Crippen LogP contribution in [0.3, 0.4) is 0 Å². The Morgan fingerprint density at radius 3 is 2.45 bits per heavy atom. The zero-order valence-corrected chi connectivity index (χ0v) is 12.9. The van der Waals surface area contributed by atoms with Gasteiger partial charge in [-0.2, -0.15) is 0 Å². The van der Waals surface area contributed by atoms with Crippen molar-refractivity contribution in [1.29, 1.82) is 0 Å². The van der Waals surface area contributed by atoms with Crippen LogP contribution in [0.25, 0.3) is 0 Å². The van der Waals surface area contributed by atoms with Gasteiger partial charge in [0.15, 0.2) is 0 Å². The molecule has 0 spiro atoms. The molecule has 0 aliphatic carbocycles. The fourth-order valence-electron chi connectivity index (χ4n) is 2.81. The predicted octanol–water partition coefficient (Wildman–Crippen LogP) is 2.65. The lowest BCUT2D eigenvalue weighted by atomic mass is 9.94. The number of nitrogens with zero attached hydrogens (tertiary/aromatic N) is 1. The number of nitrogens with one attached hydrogen (secondary N) is 1. The lowest BCUT2D eigenvalue weighted by Crippen LogP contribution is -2.31. The second kappa shape index (κ2) is 8.40. The third kappa shape index (κ3) is 5.23. The van der Waals surface area contributed by atoms with E-state index in [1.54, 1.807) is 7.11 Å². The molecule has 1 saturated heterocycles. The number of rotatable bonds is 7. The summed E-state index contributed by atoms with van der Waals surface area (Å²) in [6, 6.07) is 8.68. The Morgan fingerprint density at radius 2 is 1.80 bits per heavy atom. The van der Waals surface area contributed by atoms with Gasteiger partial charge in [-0.25, -0.2) is 0 Å². The van der Waals surface area contributed by atoms with Crippen LogP contribution >= 0.6 is 0 Å². The van der Waals surface area contributed by atoms with Crippen molar-refractivity contribution < 1.29 is 4.74 Å². The van der Waals surface area contributed by atoms with E-state index in [0.717, 1.165) is 19.0 Å². The van der Waals surface area contributed by atoms with Crippen LogP contribution < -0.4 is 5.32 Å². The van der Waals surface area contributed by atoms with Gasteiger partial charge < -0.3 is 15.0 Å². The van der Waals surface area contributed by atoms with E-state index in [9.17, 15) is 0 Å². The van der Waals surface area contributed by atoms with Gasteiger partial charge in [-0.1, -0.05) is 24.3 Å². The Kier molecular flexibility index (Phi) is 6.51. The summed E-state index contributed by atoms with van der Waals surface area (Å²) < 4.78 is 5.12. The SMILES string of the molecule is COCc1ccc(CNCCC2CCN(C)CC2)cc1. The van der Waals surface area contributed by atoms with Gasteiger partial charge in [-0.3, -0.25) is 0 Å². The van der Waals surface area contributed by atoms with Crippen LogP contribution in [-0.2, 0) is 17.9 Å². The average Bonchev–Trinajstić information content (AvgIpc) is 2.47. The van der Waals surface area contributed by atoms with Crippen LogP contribution in [0.2, 0.25) is 0 Å².